The van der Waals surface area contributed by atoms with E-state index >= 15 is 0 Å². The van der Waals surface area contributed by atoms with Gasteiger partial charge in [-0.1, -0.05) is 133 Å². The van der Waals surface area contributed by atoms with E-state index in [9.17, 15) is 23.4 Å². The van der Waals surface area contributed by atoms with E-state index in [4.69, 9.17) is 4.74 Å². The molecule has 2 aromatic rings. The monoisotopic (exact) mass is 836 g/mol. The lowest BCUT2D eigenvalue weighted by atomic mass is 9.41. The summed E-state index contributed by atoms with van der Waals surface area (Å²) in [6.07, 6.45) is 8.60. The standard InChI is InChI=1S/C37H59NO6S.C14H22/c1-8-27-31-22-25(39)17-19-37(31,7)30-18-20-36(6)28(15-16-29(36)32(30)33(27)40)23(2)10-9-21-44-34(41)38-45(42,43)26-13-11-24(12-14-26)35(3,4)5;1-13(2,3)11-7-9-12(10-8-11)14(4,5)6/h11-14,23,25,27-33,39-40H,8-10,15-22H2,1-7H3,(H,38,41);7-10H,1-6H3/t23-,25-,27-,28-,29+,30+,31+,32+,33-,36-,37-;/m1./s1. The smallest absolute Gasteiger partial charge is 0.421 e. The number of hydrogen-bond acceptors (Lipinski definition) is 6. The van der Waals surface area contributed by atoms with Crippen molar-refractivity contribution in [2.75, 3.05) is 6.61 Å². The van der Waals surface area contributed by atoms with Crippen LogP contribution in [0.2, 0.25) is 0 Å². The highest BCUT2D eigenvalue weighted by molar-refractivity contribution is 7.90. The molecule has 0 unspecified atom stereocenters. The summed E-state index contributed by atoms with van der Waals surface area (Å²) in [6, 6.07) is 15.6. The van der Waals surface area contributed by atoms with Crippen molar-refractivity contribution in [3.63, 3.8) is 0 Å². The maximum atomic E-state index is 12.7. The zero-order valence-electron chi connectivity index (χ0n) is 39.0. The number of sulfonamides is 1. The maximum absolute atomic E-state index is 12.7. The molecule has 4 fully saturated rings. The predicted molar refractivity (Wildman–Crippen MR) is 241 cm³/mol. The largest absolute Gasteiger partial charge is 0.449 e. The molecule has 0 heterocycles. The SMILES string of the molecule is CC(C)(C)c1ccc(C(C)(C)C)cc1.CC[C@H]1[C@@H](O)[C@@H]2[C@H](CC[C@]3(C)[C@@H]([C@H](C)CCCOC(=O)NS(=O)(=O)c4ccc(C(C)(C)C)cc4)CC[C@@H]23)[C@@]2(C)CC[C@@H](O)C[C@@H]12. The van der Waals surface area contributed by atoms with E-state index in [2.05, 4.69) is 119 Å². The zero-order chi connectivity index (χ0) is 43.9. The zero-order valence-corrected chi connectivity index (χ0v) is 39.8. The number of ether oxygens (including phenoxy) is 1. The molecule has 7 nitrogen and oxygen atoms in total. The number of amides is 1. The first-order chi connectivity index (χ1) is 27.2. The van der Waals surface area contributed by atoms with Crippen molar-refractivity contribution in [1.82, 2.24) is 4.72 Å². The quantitative estimate of drug-likeness (QED) is 0.228. The molecule has 1 amide bonds. The molecule has 8 heteroatoms. The van der Waals surface area contributed by atoms with Gasteiger partial charge in [-0.25, -0.2) is 17.9 Å². The number of carbonyl (C=O) groups excluding carboxylic acids is 1. The van der Waals surface area contributed by atoms with Crippen molar-refractivity contribution in [2.24, 2.45) is 52.3 Å². The lowest BCUT2D eigenvalue weighted by Crippen LogP contribution is -2.62. The third-order valence-electron chi connectivity index (χ3n) is 16.1. The second-order valence-corrected chi connectivity index (χ2v) is 24.5. The van der Waals surface area contributed by atoms with Crippen LogP contribution in [0.1, 0.15) is 171 Å². The molecule has 3 N–H and O–H groups in total. The van der Waals surface area contributed by atoms with Crippen molar-refractivity contribution in [3.05, 3.63) is 65.2 Å². The fraction of sp³-hybridized carbons (Fsp3) is 0.745. The number of benzene rings is 2. The van der Waals surface area contributed by atoms with Gasteiger partial charge in [0.15, 0.2) is 0 Å². The lowest BCUT2D eigenvalue weighted by Gasteiger charge is -2.64. The van der Waals surface area contributed by atoms with Gasteiger partial charge in [-0.3, -0.25) is 0 Å². The van der Waals surface area contributed by atoms with Crippen LogP contribution in [0.15, 0.2) is 53.4 Å². The fourth-order valence-corrected chi connectivity index (χ4v) is 13.4. The van der Waals surface area contributed by atoms with Crippen LogP contribution in [0.3, 0.4) is 0 Å². The molecule has 0 bridgehead atoms. The van der Waals surface area contributed by atoms with E-state index in [0.29, 0.717) is 41.9 Å². The molecule has 11 atom stereocenters. The molecule has 0 aliphatic heterocycles. The minimum absolute atomic E-state index is 0.0405. The Labute approximate surface area is 359 Å². The van der Waals surface area contributed by atoms with E-state index in [1.54, 1.807) is 12.1 Å². The Balaban J connectivity index is 0.000000400. The average Bonchev–Trinajstić information content (AvgIpc) is 3.50. The second-order valence-electron chi connectivity index (χ2n) is 22.8. The molecule has 2 aromatic carbocycles. The molecule has 332 valence electrons. The van der Waals surface area contributed by atoms with Crippen LogP contribution < -0.4 is 4.72 Å². The normalized spacial score (nSPS) is 32.7. The summed E-state index contributed by atoms with van der Waals surface area (Å²) in [5.74, 6) is 3.05. The van der Waals surface area contributed by atoms with Crippen LogP contribution in [0.5, 0.6) is 0 Å². The predicted octanol–water partition coefficient (Wildman–Crippen LogP) is 11.7. The van der Waals surface area contributed by atoms with Gasteiger partial charge in [0.25, 0.3) is 10.0 Å². The summed E-state index contributed by atoms with van der Waals surface area (Å²) in [7, 11) is -4.00. The van der Waals surface area contributed by atoms with Gasteiger partial charge in [0.05, 0.1) is 23.7 Å². The summed E-state index contributed by atoms with van der Waals surface area (Å²) in [5.41, 5.74) is 4.65. The fourth-order valence-electron chi connectivity index (χ4n) is 12.5. The summed E-state index contributed by atoms with van der Waals surface area (Å²) >= 11 is 0. The van der Waals surface area contributed by atoms with Crippen molar-refractivity contribution < 1.29 is 28.2 Å². The second kappa shape index (κ2) is 17.8. The molecular weight excluding hydrogens is 755 g/mol. The van der Waals surface area contributed by atoms with Crippen LogP contribution in [0.4, 0.5) is 4.79 Å². The molecule has 0 spiro atoms. The van der Waals surface area contributed by atoms with Gasteiger partial charge in [-0.2, -0.15) is 0 Å². The number of fused-ring (bicyclic) bond motifs is 5. The van der Waals surface area contributed by atoms with Gasteiger partial charge in [-0.05, 0) is 155 Å². The van der Waals surface area contributed by atoms with E-state index in [1.807, 2.05) is 0 Å². The molecule has 0 aromatic heterocycles. The molecular formula is C51H81NO6S. The summed E-state index contributed by atoms with van der Waals surface area (Å²) in [4.78, 5) is 12.4. The van der Waals surface area contributed by atoms with Crippen molar-refractivity contribution >= 4 is 16.1 Å². The molecule has 0 radical (unpaired) electrons. The highest BCUT2D eigenvalue weighted by Gasteiger charge is 2.64. The van der Waals surface area contributed by atoms with Gasteiger partial charge in [-0.15, -0.1) is 0 Å². The molecule has 59 heavy (non-hydrogen) atoms. The number of rotatable bonds is 8. The lowest BCUT2D eigenvalue weighted by molar-refractivity contribution is -0.203. The number of nitrogens with one attached hydrogen (secondary N) is 1. The molecule has 4 saturated carbocycles. The number of hydrogen-bond donors (Lipinski definition) is 3. The van der Waals surface area contributed by atoms with Crippen LogP contribution in [-0.2, 0) is 31.0 Å². The number of aliphatic hydroxyl groups is 2. The topological polar surface area (TPSA) is 113 Å². The van der Waals surface area contributed by atoms with Crippen LogP contribution in [0, 0.1) is 52.3 Å². The average molecular weight is 836 g/mol. The summed E-state index contributed by atoms with van der Waals surface area (Å²) in [6.45, 7) is 29.4. The first kappa shape index (κ1) is 47.6. The maximum Gasteiger partial charge on any atom is 0.421 e. The van der Waals surface area contributed by atoms with Gasteiger partial charge in [0, 0.05) is 0 Å². The Kier molecular flexibility index (Phi) is 14.3. The van der Waals surface area contributed by atoms with Gasteiger partial charge in [0.2, 0.25) is 0 Å². The Morgan fingerprint density at radius 3 is 1.76 bits per heavy atom. The number of carbonyl (C=O) groups is 1. The van der Waals surface area contributed by atoms with Crippen LogP contribution in [0.25, 0.3) is 0 Å². The molecule has 6 rings (SSSR count). The third kappa shape index (κ3) is 10.3. The summed E-state index contributed by atoms with van der Waals surface area (Å²) in [5, 5.41) is 22.5. The molecule has 4 aliphatic carbocycles. The van der Waals surface area contributed by atoms with Gasteiger partial charge < -0.3 is 14.9 Å². The van der Waals surface area contributed by atoms with Crippen molar-refractivity contribution in [1.29, 1.82) is 0 Å². The number of aliphatic hydroxyl groups excluding tert-OH is 2. The Hall–Kier alpha value is -2.42. The highest BCUT2D eigenvalue weighted by atomic mass is 32.2. The first-order valence-corrected chi connectivity index (χ1v) is 24.5. The minimum atomic E-state index is -4.00. The Morgan fingerprint density at radius 2 is 1.25 bits per heavy atom. The van der Waals surface area contributed by atoms with Crippen molar-refractivity contribution in [2.45, 2.75) is 188 Å². The van der Waals surface area contributed by atoms with E-state index in [-0.39, 0.29) is 56.7 Å². The van der Waals surface area contributed by atoms with Crippen LogP contribution in [-0.4, -0.2) is 43.5 Å². The Morgan fingerprint density at radius 1 is 0.763 bits per heavy atom. The van der Waals surface area contributed by atoms with E-state index in [0.717, 1.165) is 50.5 Å². The van der Waals surface area contributed by atoms with Gasteiger partial charge >= 0.3 is 6.09 Å². The summed E-state index contributed by atoms with van der Waals surface area (Å²) < 4.78 is 32.8. The van der Waals surface area contributed by atoms with Crippen LogP contribution >= 0.6 is 0 Å². The Bertz CT molecular complexity index is 1790. The van der Waals surface area contributed by atoms with Crippen molar-refractivity contribution in [3.8, 4) is 0 Å². The van der Waals surface area contributed by atoms with E-state index < -0.39 is 16.1 Å². The first-order valence-electron chi connectivity index (χ1n) is 23.0. The highest BCUT2D eigenvalue weighted by Crippen LogP contribution is 2.69. The third-order valence-corrected chi connectivity index (χ3v) is 17.4. The molecule has 4 aliphatic rings. The molecule has 0 saturated heterocycles. The van der Waals surface area contributed by atoms with Gasteiger partial charge in [0.1, 0.15) is 0 Å². The van der Waals surface area contributed by atoms with E-state index in [1.165, 1.54) is 36.1 Å². The minimum Gasteiger partial charge on any atom is -0.449 e.